The fraction of sp³-hybridized carbons (Fsp3) is 0.444. The van der Waals surface area contributed by atoms with E-state index in [9.17, 15) is 18.8 Å². The number of alkyl halides is 1. The van der Waals surface area contributed by atoms with Gasteiger partial charge in [-0.3, -0.25) is 15.6 Å². The Balaban J connectivity index is 2.98. The van der Waals surface area contributed by atoms with Crippen LogP contribution < -0.4 is 16.1 Å². The summed E-state index contributed by atoms with van der Waals surface area (Å²) in [4.78, 5) is 38.5. The van der Waals surface area contributed by atoms with Crippen LogP contribution >= 0.6 is 0 Å². The molecule has 8 nitrogen and oxygen atoms in total. The molecule has 9 heteroatoms. The molecule has 1 heterocycles. The van der Waals surface area contributed by atoms with Gasteiger partial charge in [-0.2, -0.15) is 0 Å². The number of esters is 1. The van der Waals surface area contributed by atoms with Crippen molar-refractivity contribution >= 4 is 17.9 Å². The number of urea groups is 1. The van der Waals surface area contributed by atoms with E-state index in [4.69, 9.17) is 0 Å². The van der Waals surface area contributed by atoms with Gasteiger partial charge in [0.1, 0.15) is 0 Å². The quantitative estimate of drug-likeness (QED) is 0.336. The predicted octanol–water partition coefficient (Wildman–Crippen LogP) is -0.912. The molecule has 18 heavy (non-hydrogen) atoms. The Morgan fingerprint density at radius 2 is 2.33 bits per heavy atom. The van der Waals surface area contributed by atoms with E-state index in [-0.39, 0.29) is 6.61 Å². The third-order valence-electron chi connectivity index (χ3n) is 2.02. The molecule has 2 unspecified atom stereocenters. The molecule has 0 aliphatic carbocycles. The summed E-state index contributed by atoms with van der Waals surface area (Å²) in [5.74, 6) is -2.92. The molecule has 1 aliphatic rings. The van der Waals surface area contributed by atoms with E-state index in [2.05, 4.69) is 16.2 Å². The lowest BCUT2D eigenvalue weighted by Crippen LogP contribution is -2.71. The zero-order valence-electron chi connectivity index (χ0n) is 9.49. The highest BCUT2D eigenvalue weighted by Gasteiger charge is 2.60. The molecule has 0 aromatic carbocycles. The van der Waals surface area contributed by atoms with Crippen LogP contribution in [0.4, 0.5) is 9.18 Å². The lowest BCUT2D eigenvalue weighted by molar-refractivity contribution is -0.183. The SMILES string of the molecule is C=CNOC1NC(=O)NC(=O)C1(F)C(=O)OCC. The molecule has 3 N–H and O–H groups in total. The summed E-state index contributed by atoms with van der Waals surface area (Å²) in [7, 11) is 0. The summed E-state index contributed by atoms with van der Waals surface area (Å²) in [6.45, 7) is 4.54. The standard InChI is InChI=1S/C9H12FN3O5/c1-3-11-18-6-9(10,7(15)17-4-2)5(14)12-8(16)13-6/h3,6,11H,1,4H2,2H3,(H2,12,13,14,16). The van der Waals surface area contributed by atoms with Gasteiger partial charge >= 0.3 is 17.7 Å². The van der Waals surface area contributed by atoms with Crippen LogP contribution in [0.2, 0.25) is 0 Å². The number of imide groups is 1. The average molecular weight is 261 g/mol. The van der Waals surface area contributed by atoms with Gasteiger partial charge in [0, 0.05) is 6.20 Å². The Bertz CT molecular complexity index is 388. The van der Waals surface area contributed by atoms with E-state index in [0.717, 1.165) is 6.20 Å². The molecule has 1 fully saturated rings. The largest absolute Gasteiger partial charge is 0.463 e. The summed E-state index contributed by atoms with van der Waals surface area (Å²) < 4.78 is 18.8. The number of carbonyl (C=O) groups excluding carboxylic acids is 3. The van der Waals surface area contributed by atoms with Crippen LogP contribution in [0.15, 0.2) is 12.8 Å². The smallest absolute Gasteiger partial charge is 0.358 e. The fourth-order valence-electron chi connectivity index (χ4n) is 1.23. The van der Waals surface area contributed by atoms with Gasteiger partial charge in [0.25, 0.3) is 5.91 Å². The molecule has 0 aromatic heterocycles. The number of rotatable bonds is 5. The van der Waals surface area contributed by atoms with Crippen molar-refractivity contribution in [2.45, 2.75) is 18.8 Å². The maximum absolute atomic E-state index is 14.4. The summed E-state index contributed by atoms with van der Waals surface area (Å²) in [5, 5.41) is 3.55. The van der Waals surface area contributed by atoms with Crippen molar-refractivity contribution in [1.29, 1.82) is 0 Å². The van der Waals surface area contributed by atoms with E-state index in [0.29, 0.717) is 0 Å². The first-order valence-electron chi connectivity index (χ1n) is 4.97. The van der Waals surface area contributed by atoms with Crippen molar-refractivity contribution in [3.8, 4) is 0 Å². The van der Waals surface area contributed by atoms with Gasteiger partial charge in [-0.25, -0.2) is 18.8 Å². The number of hydrogen-bond acceptors (Lipinski definition) is 6. The first-order valence-corrected chi connectivity index (χ1v) is 4.97. The number of halogens is 1. The zero-order chi connectivity index (χ0) is 13.8. The minimum atomic E-state index is -3.18. The molecule has 0 bridgehead atoms. The van der Waals surface area contributed by atoms with E-state index in [1.54, 1.807) is 5.32 Å². The van der Waals surface area contributed by atoms with E-state index in [1.807, 2.05) is 10.8 Å². The minimum absolute atomic E-state index is 0.132. The third kappa shape index (κ3) is 2.40. The number of carbonyl (C=O) groups is 3. The second-order valence-corrected chi connectivity index (χ2v) is 3.18. The van der Waals surface area contributed by atoms with E-state index in [1.165, 1.54) is 6.92 Å². The van der Waals surface area contributed by atoms with Crippen LogP contribution in [-0.4, -0.2) is 36.4 Å². The van der Waals surface area contributed by atoms with Crippen LogP contribution in [0.25, 0.3) is 0 Å². The van der Waals surface area contributed by atoms with E-state index < -0.39 is 29.8 Å². The number of hydroxylamine groups is 1. The highest BCUT2D eigenvalue weighted by Crippen LogP contribution is 2.22. The van der Waals surface area contributed by atoms with Crippen LogP contribution in [-0.2, 0) is 19.2 Å². The molecule has 0 radical (unpaired) electrons. The maximum atomic E-state index is 14.4. The van der Waals surface area contributed by atoms with Crippen LogP contribution in [0.1, 0.15) is 6.92 Å². The summed E-state index contributed by atoms with van der Waals surface area (Å²) >= 11 is 0. The highest BCUT2D eigenvalue weighted by atomic mass is 19.1. The summed E-state index contributed by atoms with van der Waals surface area (Å²) in [6.07, 6.45) is -0.833. The Morgan fingerprint density at radius 1 is 1.67 bits per heavy atom. The van der Waals surface area contributed by atoms with Crippen molar-refractivity contribution < 1.29 is 28.3 Å². The number of amides is 3. The van der Waals surface area contributed by atoms with Gasteiger partial charge in [0.15, 0.2) is 0 Å². The van der Waals surface area contributed by atoms with Crippen molar-refractivity contribution in [3.05, 3.63) is 12.8 Å². The monoisotopic (exact) mass is 261 g/mol. The Kier molecular flexibility index (Phi) is 4.21. The number of hydrogen-bond donors (Lipinski definition) is 3. The first-order chi connectivity index (χ1) is 8.46. The third-order valence-corrected chi connectivity index (χ3v) is 2.02. The van der Waals surface area contributed by atoms with Gasteiger partial charge in [-0.1, -0.05) is 6.58 Å². The second kappa shape index (κ2) is 5.45. The van der Waals surface area contributed by atoms with Gasteiger partial charge in [0.2, 0.25) is 6.23 Å². The first kappa shape index (κ1) is 13.9. The van der Waals surface area contributed by atoms with Crippen molar-refractivity contribution in [1.82, 2.24) is 16.1 Å². The maximum Gasteiger partial charge on any atom is 0.358 e. The topological polar surface area (TPSA) is 106 Å². The minimum Gasteiger partial charge on any atom is -0.463 e. The lowest BCUT2D eigenvalue weighted by Gasteiger charge is -2.33. The zero-order valence-corrected chi connectivity index (χ0v) is 9.49. The normalized spacial score (nSPS) is 26.9. The number of ether oxygens (including phenoxy) is 1. The molecular weight excluding hydrogens is 249 g/mol. The van der Waals surface area contributed by atoms with Gasteiger partial charge in [-0.05, 0) is 6.92 Å². The molecule has 2 atom stereocenters. The molecule has 3 amide bonds. The molecule has 0 saturated carbocycles. The van der Waals surface area contributed by atoms with Crippen molar-refractivity contribution in [3.63, 3.8) is 0 Å². The molecule has 0 spiro atoms. The van der Waals surface area contributed by atoms with Crippen LogP contribution in [0.3, 0.4) is 0 Å². The van der Waals surface area contributed by atoms with Gasteiger partial charge < -0.3 is 10.1 Å². The van der Waals surface area contributed by atoms with E-state index >= 15 is 0 Å². The molecule has 1 rings (SSSR count). The fourth-order valence-corrected chi connectivity index (χ4v) is 1.23. The summed E-state index contributed by atoms with van der Waals surface area (Å²) in [5.41, 5.74) is -1.15. The molecule has 0 aromatic rings. The Morgan fingerprint density at radius 3 is 2.89 bits per heavy atom. The summed E-state index contributed by atoms with van der Waals surface area (Å²) in [6, 6.07) is -0.992. The van der Waals surface area contributed by atoms with Crippen LogP contribution in [0, 0.1) is 0 Å². The Hall–Kier alpha value is -2.16. The molecule has 1 saturated heterocycles. The van der Waals surface area contributed by atoms with Gasteiger partial charge in [0.05, 0.1) is 6.61 Å². The van der Waals surface area contributed by atoms with Gasteiger partial charge in [-0.15, -0.1) is 0 Å². The molecule has 100 valence electrons. The average Bonchev–Trinajstić information content (AvgIpc) is 2.32. The molecule has 1 aliphatic heterocycles. The van der Waals surface area contributed by atoms with Crippen molar-refractivity contribution in [2.24, 2.45) is 0 Å². The Labute approximate surface area is 101 Å². The highest BCUT2D eigenvalue weighted by molar-refractivity contribution is 6.13. The molecular formula is C9H12FN3O5. The second-order valence-electron chi connectivity index (χ2n) is 3.18. The van der Waals surface area contributed by atoms with Crippen LogP contribution in [0.5, 0.6) is 0 Å². The number of nitrogens with one attached hydrogen (secondary N) is 3. The van der Waals surface area contributed by atoms with Crippen molar-refractivity contribution in [2.75, 3.05) is 6.61 Å². The predicted molar refractivity (Wildman–Crippen MR) is 55.4 cm³/mol. The lowest BCUT2D eigenvalue weighted by atomic mass is 10.0.